The van der Waals surface area contributed by atoms with Crippen molar-refractivity contribution < 1.29 is 13.5 Å². The molecule has 2 rings (SSSR count). The van der Waals surface area contributed by atoms with E-state index in [0.717, 1.165) is 6.42 Å². The molecule has 0 amide bonds. The standard InChI is InChI=1S/C13H14ClF2N3O/c1-2-10(14)11-8-19(18-17-11)7-9-5-3-4-6-12(9)20-13(15)16/h3-6,8,10,13H,2,7H2,1H3. The van der Waals surface area contributed by atoms with Crippen LogP contribution < -0.4 is 4.74 Å². The maximum Gasteiger partial charge on any atom is 0.387 e. The summed E-state index contributed by atoms with van der Waals surface area (Å²) >= 11 is 6.07. The lowest BCUT2D eigenvalue weighted by Gasteiger charge is -2.10. The third kappa shape index (κ3) is 3.66. The number of ether oxygens (including phenoxy) is 1. The van der Waals surface area contributed by atoms with Gasteiger partial charge in [0.05, 0.1) is 18.1 Å². The maximum atomic E-state index is 12.3. The van der Waals surface area contributed by atoms with Crippen LogP contribution in [-0.4, -0.2) is 21.6 Å². The van der Waals surface area contributed by atoms with Gasteiger partial charge in [-0.1, -0.05) is 30.3 Å². The molecule has 108 valence electrons. The van der Waals surface area contributed by atoms with E-state index in [1.54, 1.807) is 29.1 Å². The van der Waals surface area contributed by atoms with E-state index < -0.39 is 6.61 Å². The van der Waals surface area contributed by atoms with Gasteiger partial charge in [-0.15, -0.1) is 16.7 Å². The Balaban J connectivity index is 2.15. The van der Waals surface area contributed by atoms with Crippen molar-refractivity contribution in [3.8, 4) is 5.75 Å². The highest BCUT2D eigenvalue weighted by Crippen LogP contribution is 2.23. The zero-order valence-electron chi connectivity index (χ0n) is 10.8. The molecule has 0 N–H and O–H groups in total. The van der Waals surface area contributed by atoms with Crippen LogP contribution in [-0.2, 0) is 6.54 Å². The summed E-state index contributed by atoms with van der Waals surface area (Å²) in [6.07, 6.45) is 2.45. The summed E-state index contributed by atoms with van der Waals surface area (Å²) in [7, 11) is 0. The van der Waals surface area contributed by atoms with Gasteiger partial charge in [0.15, 0.2) is 0 Å². The van der Waals surface area contributed by atoms with Crippen molar-refractivity contribution in [2.24, 2.45) is 0 Å². The monoisotopic (exact) mass is 301 g/mol. The van der Waals surface area contributed by atoms with Crippen LogP contribution in [0.15, 0.2) is 30.5 Å². The highest BCUT2D eigenvalue weighted by Gasteiger charge is 2.13. The van der Waals surface area contributed by atoms with Gasteiger partial charge < -0.3 is 4.74 Å². The van der Waals surface area contributed by atoms with Crippen LogP contribution in [0.4, 0.5) is 8.78 Å². The molecule has 0 radical (unpaired) electrons. The number of hydrogen-bond acceptors (Lipinski definition) is 3. The molecule has 20 heavy (non-hydrogen) atoms. The molecule has 0 aliphatic carbocycles. The lowest BCUT2D eigenvalue weighted by atomic mass is 10.2. The fraction of sp³-hybridized carbons (Fsp3) is 0.385. The second-order valence-corrected chi connectivity index (χ2v) is 4.73. The molecule has 1 aromatic heterocycles. The molecule has 1 heterocycles. The van der Waals surface area contributed by atoms with Gasteiger partial charge in [-0.3, -0.25) is 0 Å². The van der Waals surface area contributed by atoms with E-state index in [1.807, 2.05) is 6.92 Å². The van der Waals surface area contributed by atoms with Gasteiger partial charge >= 0.3 is 6.61 Å². The lowest BCUT2D eigenvalue weighted by Crippen LogP contribution is -2.07. The number of hydrogen-bond donors (Lipinski definition) is 0. The van der Waals surface area contributed by atoms with Crippen molar-refractivity contribution in [2.75, 3.05) is 0 Å². The SMILES string of the molecule is CCC(Cl)c1cn(Cc2ccccc2OC(F)F)nn1. The average molecular weight is 302 g/mol. The second-order valence-electron chi connectivity index (χ2n) is 4.20. The Labute approximate surface area is 120 Å². The van der Waals surface area contributed by atoms with Crippen molar-refractivity contribution >= 4 is 11.6 Å². The molecule has 1 atom stereocenters. The number of halogens is 3. The van der Waals surface area contributed by atoms with Gasteiger partial charge in [-0.2, -0.15) is 8.78 Å². The Morgan fingerprint density at radius 3 is 2.80 bits per heavy atom. The first-order chi connectivity index (χ1) is 9.60. The second kappa shape index (κ2) is 6.65. The van der Waals surface area contributed by atoms with E-state index in [0.29, 0.717) is 17.8 Å². The van der Waals surface area contributed by atoms with E-state index in [2.05, 4.69) is 15.0 Å². The molecule has 7 heteroatoms. The lowest BCUT2D eigenvalue weighted by molar-refractivity contribution is -0.0505. The molecule has 0 spiro atoms. The first kappa shape index (κ1) is 14.7. The smallest absolute Gasteiger partial charge is 0.387 e. The fourth-order valence-corrected chi connectivity index (χ4v) is 1.86. The first-order valence-corrected chi connectivity index (χ1v) is 6.60. The predicted octanol–water partition coefficient (Wildman–Crippen LogP) is 3.62. The van der Waals surface area contributed by atoms with Crippen molar-refractivity contribution in [3.63, 3.8) is 0 Å². The van der Waals surface area contributed by atoms with Crippen LogP contribution >= 0.6 is 11.6 Å². The van der Waals surface area contributed by atoms with E-state index >= 15 is 0 Å². The van der Waals surface area contributed by atoms with Gasteiger partial charge in [0.25, 0.3) is 0 Å². The van der Waals surface area contributed by atoms with Crippen molar-refractivity contribution in [1.82, 2.24) is 15.0 Å². The average Bonchev–Trinajstić information content (AvgIpc) is 2.88. The molecular weight excluding hydrogens is 288 g/mol. The molecule has 0 aliphatic heterocycles. The minimum Gasteiger partial charge on any atom is -0.434 e. The Kier molecular flexibility index (Phi) is 4.89. The van der Waals surface area contributed by atoms with Crippen LogP contribution in [0.1, 0.15) is 30.0 Å². The molecule has 4 nitrogen and oxygen atoms in total. The quantitative estimate of drug-likeness (QED) is 0.765. The van der Waals surface area contributed by atoms with Crippen LogP contribution in [0.25, 0.3) is 0 Å². The predicted molar refractivity (Wildman–Crippen MR) is 71.1 cm³/mol. The molecule has 1 aromatic carbocycles. The van der Waals surface area contributed by atoms with E-state index in [4.69, 9.17) is 11.6 Å². The zero-order valence-corrected chi connectivity index (χ0v) is 11.6. The van der Waals surface area contributed by atoms with Crippen LogP contribution in [0.2, 0.25) is 0 Å². The van der Waals surface area contributed by atoms with Crippen LogP contribution in [0.5, 0.6) is 5.75 Å². The highest BCUT2D eigenvalue weighted by molar-refractivity contribution is 6.20. The summed E-state index contributed by atoms with van der Waals surface area (Å²) in [5.74, 6) is 0.137. The summed E-state index contributed by atoms with van der Waals surface area (Å²) in [6.45, 7) is -0.610. The number of rotatable bonds is 6. The van der Waals surface area contributed by atoms with Gasteiger partial charge in [0.2, 0.25) is 0 Å². The van der Waals surface area contributed by atoms with Gasteiger partial charge in [0, 0.05) is 5.56 Å². The summed E-state index contributed by atoms with van der Waals surface area (Å²) in [5, 5.41) is 7.71. The highest BCUT2D eigenvalue weighted by atomic mass is 35.5. The van der Waals surface area contributed by atoms with E-state index in [9.17, 15) is 8.78 Å². The number of alkyl halides is 3. The van der Waals surface area contributed by atoms with Gasteiger partial charge in [-0.05, 0) is 12.5 Å². The molecule has 0 bridgehead atoms. The van der Waals surface area contributed by atoms with E-state index in [1.165, 1.54) is 6.07 Å². The first-order valence-electron chi connectivity index (χ1n) is 6.17. The largest absolute Gasteiger partial charge is 0.434 e. The number of para-hydroxylation sites is 1. The van der Waals surface area contributed by atoms with E-state index in [-0.39, 0.29) is 11.1 Å². The maximum absolute atomic E-state index is 12.3. The minimum atomic E-state index is -2.85. The Bertz CT molecular complexity index is 562. The Morgan fingerprint density at radius 2 is 2.10 bits per heavy atom. The minimum absolute atomic E-state index is 0.137. The summed E-state index contributed by atoms with van der Waals surface area (Å²) in [5.41, 5.74) is 1.27. The summed E-state index contributed by atoms with van der Waals surface area (Å²) in [6, 6.07) is 6.59. The number of benzene rings is 1. The fourth-order valence-electron chi connectivity index (χ4n) is 1.76. The molecular formula is C13H14ClF2N3O. The number of aromatic nitrogens is 3. The van der Waals surface area contributed by atoms with Crippen molar-refractivity contribution in [3.05, 3.63) is 41.7 Å². The third-order valence-corrected chi connectivity index (χ3v) is 3.29. The molecule has 2 aromatic rings. The molecule has 1 unspecified atom stereocenters. The van der Waals surface area contributed by atoms with Crippen molar-refractivity contribution in [1.29, 1.82) is 0 Å². The van der Waals surface area contributed by atoms with Gasteiger partial charge in [-0.25, -0.2) is 4.68 Å². The normalized spacial score (nSPS) is 12.7. The summed E-state index contributed by atoms with van der Waals surface area (Å²) in [4.78, 5) is 0. The summed E-state index contributed by atoms with van der Waals surface area (Å²) < 4.78 is 30.7. The molecule has 0 saturated heterocycles. The van der Waals surface area contributed by atoms with Gasteiger partial charge in [0.1, 0.15) is 11.4 Å². The Morgan fingerprint density at radius 1 is 1.35 bits per heavy atom. The third-order valence-electron chi connectivity index (χ3n) is 2.76. The van der Waals surface area contributed by atoms with Crippen LogP contribution in [0, 0.1) is 0 Å². The Hall–Kier alpha value is -1.69. The number of nitrogens with zero attached hydrogens (tertiary/aromatic N) is 3. The molecule has 0 fully saturated rings. The molecule has 0 aliphatic rings. The zero-order chi connectivity index (χ0) is 14.5. The molecule has 0 saturated carbocycles. The van der Waals surface area contributed by atoms with Crippen LogP contribution in [0.3, 0.4) is 0 Å². The van der Waals surface area contributed by atoms with Crippen molar-refractivity contribution in [2.45, 2.75) is 31.9 Å². The topological polar surface area (TPSA) is 39.9 Å².